The lowest BCUT2D eigenvalue weighted by Gasteiger charge is -2.36. The molecule has 0 aliphatic carbocycles. The number of thiazole rings is 1. The van der Waals surface area contributed by atoms with Crippen molar-refractivity contribution in [3.8, 4) is 11.5 Å². The molecule has 1 fully saturated rings. The van der Waals surface area contributed by atoms with Crippen LogP contribution in [0.2, 0.25) is 0 Å². The average molecular weight is 535 g/mol. The molecule has 200 valence electrons. The van der Waals surface area contributed by atoms with Crippen LogP contribution in [0.15, 0.2) is 47.8 Å². The predicted molar refractivity (Wildman–Crippen MR) is 150 cm³/mol. The number of hydrogen-bond acceptors (Lipinski definition) is 7. The van der Waals surface area contributed by atoms with E-state index in [4.69, 9.17) is 9.47 Å². The van der Waals surface area contributed by atoms with Gasteiger partial charge in [0, 0.05) is 31.6 Å². The molecule has 0 unspecified atom stereocenters. The summed E-state index contributed by atoms with van der Waals surface area (Å²) >= 11 is 1.41. The zero-order valence-electron chi connectivity index (χ0n) is 22.4. The molecule has 0 atom stereocenters. The first-order chi connectivity index (χ1) is 18.3. The van der Waals surface area contributed by atoms with Gasteiger partial charge < -0.3 is 19.3 Å². The number of carbonyl (C=O) groups excluding carboxylic acids is 2. The van der Waals surface area contributed by atoms with E-state index in [1.807, 2.05) is 35.2 Å². The molecule has 3 aromatic rings. The second-order valence-corrected chi connectivity index (χ2v) is 11.2. The molecular weight excluding hydrogens is 500 g/mol. The molecule has 0 spiro atoms. The summed E-state index contributed by atoms with van der Waals surface area (Å²) in [5, 5.41) is 2.52. The number of benzene rings is 2. The fourth-order valence-electron chi connectivity index (χ4n) is 4.82. The number of aromatic nitrogens is 1. The van der Waals surface area contributed by atoms with Gasteiger partial charge in [-0.2, -0.15) is 0 Å². The topological polar surface area (TPSA) is 75.2 Å². The highest BCUT2D eigenvalue weighted by Gasteiger charge is 2.30. The van der Waals surface area contributed by atoms with E-state index in [0.29, 0.717) is 31.1 Å². The normalized spacial score (nSPS) is 15.8. The van der Waals surface area contributed by atoms with Crippen LogP contribution >= 0.6 is 11.3 Å². The number of anilines is 2. The van der Waals surface area contributed by atoms with Gasteiger partial charge in [0.15, 0.2) is 6.61 Å². The van der Waals surface area contributed by atoms with Crippen LogP contribution in [-0.2, 0) is 16.8 Å². The van der Waals surface area contributed by atoms with Crippen molar-refractivity contribution in [3.63, 3.8) is 0 Å². The van der Waals surface area contributed by atoms with E-state index in [0.717, 1.165) is 47.2 Å². The number of amides is 2. The van der Waals surface area contributed by atoms with Gasteiger partial charge in [-0.05, 0) is 41.7 Å². The SMILES string of the molecule is CCC(C)(C)c1ccc2c(c1)N(Cc1nc(C(=O)N3CCN(c4ccccc4OC)CC3)cs1)C(=O)CO2. The maximum absolute atomic E-state index is 13.2. The van der Waals surface area contributed by atoms with E-state index in [1.165, 1.54) is 11.3 Å². The molecule has 38 heavy (non-hydrogen) atoms. The number of rotatable bonds is 7. The Morgan fingerprint density at radius 3 is 2.61 bits per heavy atom. The molecule has 2 aliphatic heterocycles. The molecule has 8 nitrogen and oxygen atoms in total. The van der Waals surface area contributed by atoms with Crippen molar-refractivity contribution in [2.75, 3.05) is 49.7 Å². The molecule has 0 bridgehead atoms. The van der Waals surface area contributed by atoms with Gasteiger partial charge in [0.25, 0.3) is 11.8 Å². The summed E-state index contributed by atoms with van der Waals surface area (Å²) < 4.78 is 11.2. The first kappa shape index (κ1) is 26.0. The second kappa shape index (κ2) is 10.6. The summed E-state index contributed by atoms with van der Waals surface area (Å²) in [7, 11) is 1.67. The van der Waals surface area contributed by atoms with Crippen molar-refractivity contribution >= 4 is 34.5 Å². The number of piperazine rings is 1. The molecule has 1 aromatic heterocycles. The molecule has 2 aliphatic rings. The number of ether oxygens (including phenoxy) is 2. The molecule has 0 N–H and O–H groups in total. The van der Waals surface area contributed by atoms with Gasteiger partial charge in [-0.1, -0.05) is 39.0 Å². The number of nitrogens with zero attached hydrogens (tertiary/aromatic N) is 4. The van der Waals surface area contributed by atoms with Crippen LogP contribution in [0.4, 0.5) is 11.4 Å². The van der Waals surface area contributed by atoms with Gasteiger partial charge in [-0.3, -0.25) is 14.5 Å². The predicted octanol–water partition coefficient (Wildman–Crippen LogP) is 4.73. The summed E-state index contributed by atoms with van der Waals surface area (Å²) in [4.78, 5) is 36.6. The monoisotopic (exact) mass is 534 g/mol. The molecule has 0 radical (unpaired) electrons. The van der Waals surface area contributed by atoms with Gasteiger partial charge in [-0.15, -0.1) is 11.3 Å². The van der Waals surface area contributed by atoms with Crippen molar-refractivity contribution < 1.29 is 19.1 Å². The smallest absolute Gasteiger partial charge is 0.273 e. The average Bonchev–Trinajstić information content (AvgIpc) is 3.42. The standard InChI is InChI=1S/C29H34N4O4S/c1-5-29(2,3)20-10-11-25-23(16-20)33(27(34)18-37-25)17-26-30-21(19-38-26)28(35)32-14-12-31(13-15-32)22-8-6-7-9-24(22)36-4/h6-11,16,19H,5,12-15,17-18H2,1-4H3. The maximum Gasteiger partial charge on any atom is 0.273 e. The van der Waals surface area contributed by atoms with E-state index in [1.54, 1.807) is 17.4 Å². The second-order valence-electron chi connectivity index (χ2n) is 10.3. The Bertz CT molecular complexity index is 1330. The molecule has 3 heterocycles. The van der Waals surface area contributed by atoms with E-state index in [9.17, 15) is 9.59 Å². The van der Waals surface area contributed by atoms with E-state index >= 15 is 0 Å². The van der Waals surface area contributed by atoms with Crippen molar-refractivity contribution in [1.82, 2.24) is 9.88 Å². The van der Waals surface area contributed by atoms with Crippen LogP contribution in [0.3, 0.4) is 0 Å². The third-order valence-corrected chi connectivity index (χ3v) is 8.46. The van der Waals surface area contributed by atoms with Crippen LogP contribution in [0.5, 0.6) is 11.5 Å². The fourth-order valence-corrected chi connectivity index (χ4v) is 5.58. The van der Waals surface area contributed by atoms with Crippen molar-refractivity contribution in [1.29, 1.82) is 0 Å². The van der Waals surface area contributed by atoms with E-state index < -0.39 is 0 Å². The summed E-state index contributed by atoms with van der Waals surface area (Å²) in [5.74, 6) is 1.34. The van der Waals surface area contributed by atoms with Crippen molar-refractivity contribution in [2.24, 2.45) is 0 Å². The van der Waals surface area contributed by atoms with Crippen LogP contribution in [0.25, 0.3) is 0 Å². The summed E-state index contributed by atoms with van der Waals surface area (Å²) in [5.41, 5.74) is 3.37. The van der Waals surface area contributed by atoms with Crippen LogP contribution in [0, 0.1) is 0 Å². The Kier molecular flexibility index (Phi) is 7.29. The van der Waals surface area contributed by atoms with Crippen LogP contribution in [0.1, 0.15) is 48.3 Å². The molecule has 9 heteroatoms. The highest BCUT2D eigenvalue weighted by molar-refractivity contribution is 7.09. The zero-order valence-corrected chi connectivity index (χ0v) is 23.2. The Hall–Kier alpha value is -3.59. The Morgan fingerprint density at radius 2 is 1.87 bits per heavy atom. The lowest BCUT2D eigenvalue weighted by atomic mass is 9.82. The quantitative estimate of drug-likeness (QED) is 0.436. The van der Waals surface area contributed by atoms with Gasteiger partial charge in [0.2, 0.25) is 0 Å². The van der Waals surface area contributed by atoms with Crippen molar-refractivity contribution in [2.45, 2.75) is 39.2 Å². The minimum atomic E-state index is -0.112. The highest BCUT2D eigenvalue weighted by Crippen LogP contribution is 2.38. The third kappa shape index (κ3) is 5.07. The number of carbonyl (C=O) groups is 2. The summed E-state index contributed by atoms with van der Waals surface area (Å²) in [6.45, 7) is 9.51. The highest BCUT2D eigenvalue weighted by atomic mass is 32.1. The molecule has 1 saturated heterocycles. The Balaban J connectivity index is 1.27. The molecule has 2 aromatic carbocycles. The molecule has 2 amide bonds. The molecule has 0 saturated carbocycles. The zero-order chi connectivity index (χ0) is 26.9. The van der Waals surface area contributed by atoms with Gasteiger partial charge in [0.05, 0.1) is 25.0 Å². The van der Waals surface area contributed by atoms with Gasteiger partial charge in [0.1, 0.15) is 22.2 Å². The van der Waals surface area contributed by atoms with Crippen molar-refractivity contribution in [3.05, 3.63) is 64.1 Å². The minimum Gasteiger partial charge on any atom is -0.495 e. The summed E-state index contributed by atoms with van der Waals surface area (Å²) in [6, 6.07) is 14.0. The number of hydrogen-bond donors (Lipinski definition) is 0. The van der Waals surface area contributed by atoms with E-state index in [2.05, 4.69) is 42.8 Å². The minimum absolute atomic E-state index is 0.00282. The number of methoxy groups -OCH3 is 1. The lowest BCUT2D eigenvalue weighted by Crippen LogP contribution is -2.49. The number of para-hydroxylation sites is 2. The third-order valence-electron chi connectivity index (χ3n) is 7.62. The Morgan fingerprint density at radius 1 is 1.11 bits per heavy atom. The maximum atomic E-state index is 13.2. The molecular formula is C29H34N4O4S. The first-order valence-corrected chi connectivity index (χ1v) is 13.9. The fraction of sp³-hybridized carbons (Fsp3) is 0.414. The van der Waals surface area contributed by atoms with Crippen LogP contribution < -0.4 is 19.3 Å². The summed E-state index contributed by atoms with van der Waals surface area (Å²) in [6.07, 6.45) is 0.978. The largest absolute Gasteiger partial charge is 0.495 e. The van der Waals surface area contributed by atoms with Gasteiger partial charge in [-0.25, -0.2) is 4.98 Å². The van der Waals surface area contributed by atoms with Crippen LogP contribution in [-0.4, -0.2) is 61.6 Å². The molecule has 5 rings (SSSR count). The number of fused-ring (bicyclic) bond motifs is 1. The Labute approximate surface area is 227 Å². The van der Waals surface area contributed by atoms with Gasteiger partial charge >= 0.3 is 0 Å². The van der Waals surface area contributed by atoms with E-state index in [-0.39, 0.29) is 23.8 Å². The first-order valence-electron chi connectivity index (χ1n) is 13.0. The lowest BCUT2D eigenvalue weighted by molar-refractivity contribution is -0.121.